The highest BCUT2D eigenvalue weighted by atomic mass is 16.6. The molecule has 6 heteroatoms. The molecule has 6 nitrogen and oxygen atoms in total. The van der Waals surface area contributed by atoms with Gasteiger partial charge in [-0.3, -0.25) is 4.90 Å². The summed E-state index contributed by atoms with van der Waals surface area (Å²) in [4.78, 5) is 29.6. The molecule has 2 bridgehead atoms. The number of hydrogen-bond donors (Lipinski definition) is 1. The van der Waals surface area contributed by atoms with Crippen molar-refractivity contribution in [1.82, 2.24) is 14.5 Å². The van der Waals surface area contributed by atoms with Crippen LogP contribution in [-0.4, -0.2) is 39.4 Å². The van der Waals surface area contributed by atoms with Crippen LogP contribution in [0.1, 0.15) is 32.1 Å². The Morgan fingerprint density at radius 2 is 2.14 bits per heavy atom. The number of H-pyrrole nitrogens is 1. The Morgan fingerprint density at radius 3 is 3.00 bits per heavy atom. The molecule has 2 atom stereocenters. The third-order valence-electron chi connectivity index (χ3n) is 5.21. The Morgan fingerprint density at radius 1 is 1.32 bits per heavy atom. The maximum atomic E-state index is 12.6. The highest BCUT2D eigenvalue weighted by molar-refractivity contribution is 5.86. The van der Waals surface area contributed by atoms with Crippen LogP contribution < -0.4 is 5.69 Å². The van der Waals surface area contributed by atoms with Gasteiger partial charge in [0.05, 0.1) is 11.0 Å². The molecule has 1 N–H and O–H groups in total. The lowest BCUT2D eigenvalue weighted by atomic mass is 10.0. The fourth-order valence-electron chi connectivity index (χ4n) is 3.97. The topological polar surface area (TPSA) is 67.3 Å². The quantitative estimate of drug-likeness (QED) is 0.877. The number of fused-ring (bicyclic) bond motifs is 3. The highest BCUT2D eigenvalue weighted by Gasteiger charge is 2.50. The third-order valence-corrected chi connectivity index (χ3v) is 5.21. The number of carbonyl (C=O) groups excluding carboxylic acids is 1. The van der Waals surface area contributed by atoms with Gasteiger partial charge in [-0.25, -0.2) is 9.59 Å². The molecule has 0 radical (unpaired) electrons. The van der Waals surface area contributed by atoms with Gasteiger partial charge < -0.3 is 9.72 Å². The van der Waals surface area contributed by atoms with E-state index in [9.17, 15) is 9.59 Å². The van der Waals surface area contributed by atoms with Gasteiger partial charge in [-0.1, -0.05) is 12.1 Å². The summed E-state index contributed by atoms with van der Waals surface area (Å²) in [6.45, 7) is 0. The van der Waals surface area contributed by atoms with Crippen molar-refractivity contribution in [2.24, 2.45) is 0 Å². The molecule has 22 heavy (non-hydrogen) atoms. The average Bonchev–Trinajstić information content (AvgIpc) is 2.88. The number of ether oxygens (including phenoxy) is 1. The largest absolute Gasteiger partial charge is 0.427 e. The molecule has 2 aliphatic heterocycles. The van der Waals surface area contributed by atoms with Crippen molar-refractivity contribution in [3.05, 3.63) is 34.7 Å². The molecule has 1 aromatic carbocycles. The van der Waals surface area contributed by atoms with Gasteiger partial charge in [0.1, 0.15) is 0 Å². The summed E-state index contributed by atoms with van der Waals surface area (Å²) in [5.41, 5.74) is 0.207. The SMILES string of the molecule is CN1C2CCCC1(OC(=O)n1c(=O)[nH]c3ccccc31)CC2. The summed E-state index contributed by atoms with van der Waals surface area (Å²) in [6, 6.07) is 7.63. The summed E-state index contributed by atoms with van der Waals surface area (Å²) in [5.74, 6) is 0. The molecule has 0 saturated carbocycles. The van der Waals surface area contributed by atoms with Crippen molar-refractivity contribution in [2.45, 2.75) is 43.9 Å². The number of para-hydroxylation sites is 2. The van der Waals surface area contributed by atoms with Gasteiger partial charge in [-0.15, -0.1) is 0 Å². The average molecular weight is 301 g/mol. The van der Waals surface area contributed by atoms with Crippen LogP contribution in [0.4, 0.5) is 4.79 Å². The van der Waals surface area contributed by atoms with Crippen molar-refractivity contribution in [1.29, 1.82) is 0 Å². The number of hydrogen-bond acceptors (Lipinski definition) is 4. The van der Waals surface area contributed by atoms with E-state index in [1.54, 1.807) is 18.2 Å². The summed E-state index contributed by atoms with van der Waals surface area (Å²) in [6.07, 6.45) is 4.36. The minimum Gasteiger partial charge on any atom is -0.427 e. The number of carbonyl (C=O) groups is 1. The number of rotatable bonds is 1. The Bertz CT molecular complexity index is 789. The lowest BCUT2D eigenvalue weighted by Gasteiger charge is -2.41. The Balaban J connectivity index is 1.70. The summed E-state index contributed by atoms with van der Waals surface area (Å²) < 4.78 is 6.94. The number of nitrogens with one attached hydrogen (secondary N) is 1. The standard InChI is InChI=1S/C16H19N3O3/c1-18-11-5-4-9-16(18,10-8-11)22-15(21)19-13-7-3-2-6-12(13)17-14(19)20/h2-3,6-7,11H,4-5,8-10H2,1H3,(H,17,20). The Labute approximate surface area is 127 Å². The first-order valence-corrected chi connectivity index (χ1v) is 7.77. The molecule has 2 fully saturated rings. The van der Waals surface area contributed by atoms with Crippen LogP contribution >= 0.6 is 0 Å². The Kier molecular flexibility index (Phi) is 2.91. The molecule has 1 aromatic heterocycles. The normalized spacial score (nSPS) is 28.1. The number of aromatic amines is 1. The monoisotopic (exact) mass is 301 g/mol. The lowest BCUT2D eigenvalue weighted by molar-refractivity contribution is -0.109. The molecule has 3 heterocycles. The first-order chi connectivity index (χ1) is 10.6. The predicted octanol–water partition coefficient (Wildman–Crippen LogP) is 2.29. The second-order valence-electron chi connectivity index (χ2n) is 6.29. The second kappa shape index (κ2) is 4.71. The van der Waals surface area contributed by atoms with Gasteiger partial charge in [0.15, 0.2) is 5.72 Å². The summed E-state index contributed by atoms with van der Waals surface area (Å²) >= 11 is 0. The highest BCUT2D eigenvalue weighted by Crippen LogP contribution is 2.43. The third kappa shape index (κ3) is 1.83. The van der Waals surface area contributed by atoms with E-state index in [4.69, 9.17) is 4.74 Å². The predicted molar refractivity (Wildman–Crippen MR) is 81.8 cm³/mol. The summed E-state index contributed by atoms with van der Waals surface area (Å²) in [7, 11) is 2.02. The first kappa shape index (κ1) is 13.6. The van der Waals surface area contributed by atoms with Crippen LogP contribution in [0.5, 0.6) is 0 Å². The van der Waals surface area contributed by atoms with Gasteiger partial charge in [-0.05, 0) is 38.4 Å². The van der Waals surface area contributed by atoms with Crippen LogP contribution in [0.15, 0.2) is 29.1 Å². The Hall–Kier alpha value is -2.08. The van der Waals surface area contributed by atoms with E-state index in [0.717, 1.165) is 36.7 Å². The van der Waals surface area contributed by atoms with E-state index in [2.05, 4.69) is 9.88 Å². The first-order valence-electron chi connectivity index (χ1n) is 7.77. The van der Waals surface area contributed by atoms with E-state index in [-0.39, 0.29) is 0 Å². The van der Waals surface area contributed by atoms with Crippen LogP contribution in [0.25, 0.3) is 11.0 Å². The number of nitrogens with zero attached hydrogens (tertiary/aromatic N) is 2. The molecule has 0 amide bonds. The number of benzene rings is 1. The molecular formula is C16H19N3O3. The number of piperidine rings is 1. The zero-order valence-corrected chi connectivity index (χ0v) is 12.5. The zero-order valence-electron chi connectivity index (χ0n) is 12.5. The maximum Gasteiger partial charge on any atom is 0.424 e. The van der Waals surface area contributed by atoms with Gasteiger partial charge >= 0.3 is 11.8 Å². The van der Waals surface area contributed by atoms with Crippen molar-refractivity contribution >= 4 is 17.1 Å². The van der Waals surface area contributed by atoms with Gasteiger partial charge in [0.2, 0.25) is 0 Å². The minimum atomic E-state index is -0.586. The minimum absolute atomic E-state index is 0.449. The van der Waals surface area contributed by atoms with Gasteiger partial charge in [0, 0.05) is 18.9 Å². The summed E-state index contributed by atoms with van der Waals surface area (Å²) in [5, 5.41) is 0. The van der Waals surface area contributed by atoms with E-state index >= 15 is 0 Å². The zero-order chi connectivity index (χ0) is 15.3. The smallest absolute Gasteiger partial charge is 0.424 e. The van der Waals surface area contributed by atoms with E-state index in [1.807, 2.05) is 13.1 Å². The molecule has 4 rings (SSSR count). The molecule has 0 aliphatic carbocycles. The molecule has 2 aromatic rings. The van der Waals surface area contributed by atoms with E-state index in [1.165, 1.54) is 0 Å². The molecule has 2 saturated heterocycles. The molecule has 2 aliphatic rings. The van der Waals surface area contributed by atoms with E-state index < -0.39 is 17.5 Å². The van der Waals surface area contributed by atoms with Crippen LogP contribution in [-0.2, 0) is 4.74 Å². The number of aromatic nitrogens is 2. The van der Waals surface area contributed by atoms with Crippen molar-refractivity contribution in [3.8, 4) is 0 Å². The fraction of sp³-hybridized carbons (Fsp3) is 0.500. The van der Waals surface area contributed by atoms with Crippen molar-refractivity contribution in [2.75, 3.05) is 7.05 Å². The molecular weight excluding hydrogens is 282 g/mol. The van der Waals surface area contributed by atoms with Crippen LogP contribution in [0.2, 0.25) is 0 Å². The van der Waals surface area contributed by atoms with Crippen LogP contribution in [0.3, 0.4) is 0 Å². The van der Waals surface area contributed by atoms with E-state index in [0.29, 0.717) is 17.1 Å². The molecule has 0 spiro atoms. The van der Waals surface area contributed by atoms with Crippen molar-refractivity contribution in [3.63, 3.8) is 0 Å². The van der Waals surface area contributed by atoms with Crippen molar-refractivity contribution < 1.29 is 9.53 Å². The lowest BCUT2D eigenvalue weighted by Crippen LogP contribution is -2.51. The van der Waals surface area contributed by atoms with Gasteiger partial charge in [-0.2, -0.15) is 4.57 Å². The number of imidazole rings is 1. The maximum absolute atomic E-state index is 12.6. The van der Waals surface area contributed by atoms with Gasteiger partial charge in [0.25, 0.3) is 0 Å². The molecule has 116 valence electrons. The fourth-order valence-corrected chi connectivity index (χ4v) is 3.97. The second-order valence-corrected chi connectivity index (χ2v) is 6.29. The molecule has 2 unspecified atom stereocenters. The van der Waals surface area contributed by atoms with Crippen LogP contribution in [0, 0.1) is 0 Å².